The fraction of sp³-hybridized carbons (Fsp3) is 0.286. The smallest absolute Gasteiger partial charge is 0.108 e. The number of rotatable bonds is 3. The van der Waals surface area contributed by atoms with Crippen LogP contribution in [0.4, 0.5) is 0 Å². The Labute approximate surface area is 101 Å². The zero-order valence-electron chi connectivity index (χ0n) is 10.1. The summed E-state index contributed by atoms with van der Waals surface area (Å²) in [6, 6.07) is 10.4. The fourth-order valence-corrected chi connectivity index (χ4v) is 1.89. The zero-order chi connectivity index (χ0) is 12.3. The number of imidazole rings is 1. The van der Waals surface area contributed by atoms with Gasteiger partial charge in [0.2, 0.25) is 0 Å². The number of nitrogens with one attached hydrogen (secondary N) is 1. The summed E-state index contributed by atoms with van der Waals surface area (Å²) in [5.74, 6) is 0.889. The van der Waals surface area contributed by atoms with Crippen LogP contribution in [0.5, 0.6) is 0 Å². The van der Waals surface area contributed by atoms with Crippen LogP contribution in [-0.2, 0) is 6.42 Å². The van der Waals surface area contributed by atoms with Crippen molar-refractivity contribution in [1.82, 2.24) is 9.97 Å². The highest BCUT2D eigenvalue weighted by Gasteiger charge is 2.08. The summed E-state index contributed by atoms with van der Waals surface area (Å²) in [5, 5.41) is 8.57. The fourth-order valence-electron chi connectivity index (χ4n) is 1.89. The van der Waals surface area contributed by atoms with E-state index in [4.69, 9.17) is 5.26 Å². The van der Waals surface area contributed by atoms with Gasteiger partial charge in [-0.15, -0.1) is 0 Å². The Morgan fingerprint density at radius 2 is 2.18 bits per heavy atom. The first-order valence-electron chi connectivity index (χ1n) is 5.70. The molecule has 2 rings (SSSR count). The average Bonchev–Trinajstić information content (AvgIpc) is 2.68. The van der Waals surface area contributed by atoms with Crippen LogP contribution >= 0.6 is 0 Å². The van der Waals surface area contributed by atoms with Gasteiger partial charge in [-0.25, -0.2) is 4.98 Å². The molecule has 0 amide bonds. The molecule has 3 nitrogen and oxygen atoms in total. The highest BCUT2D eigenvalue weighted by molar-refractivity contribution is 5.62. The van der Waals surface area contributed by atoms with E-state index in [9.17, 15) is 0 Å². The van der Waals surface area contributed by atoms with Crippen LogP contribution < -0.4 is 0 Å². The van der Waals surface area contributed by atoms with Crippen molar-refractivity contribution < 1.29 is 0 Å². The second-order valence-corrected chi connectivity index (χ2v) is 4.18. The van der Waals surface area contributed by atoms with Crippen LogP contribution in [0.2, 0.25) is 0 Å². The summed E-state index contributed by atoms with van der Waals surface area (Å²) >= 11 is 0. The minimum atomic E-state index is 0.500. The van der Waals surface area contributed by atoms with Gasteiger partial charge in [-0.05, 0) is 19.9 Å². The van der Waals surface area contributed by atoms with Crippen LogP contribution in [0.1, 0.15) is 23.5 Å². The van der Waals surface area contributed by atoms with E-state index >= 15 is 0 Å². The summed E-state index contributed by atoms with van der Waals surface area (Å²) in [5.41, 5.74) is 4.40. The Hall–Kier alpha value is -2.08. The molecular weight excluding hydrogens is 210 g/mol. The molecule has 0 spiro atoms. The summed E-state index contributed by atoms with van der Waals surface area (Å²) in [6.45, 7) is 4.09. The molecule has 1 N–H and O–H groups in total. The molecule has 2 aromatic rings. The first-order valence-corrected chi connectivity index (χ1v) is 5.70. The third kappa shape index (κ3) is 2.54. The lowest BCUT2D eigenvalue weighted by Crippen LogP contribution is -1.86. The molecule has 0 saturated carbocycles. The van der Waals surface area contributed by atoms with Gasteiger partial charge in [-0.3, -0.25) is 0 Å². The molecule has 0 aliphatic heterocycles. The van der Waals surface area contributed by atoms with E-state index in [0.717, 1.165) is 22.8 Å². The minimum Gasteiger partial charge on any atom is -0.346 e. The van der Waals surface area contributed by atoms with E-state index in [0.29, 0.717) is 12.8 Å². The van der Waals surface area contributed by atoms with Gasteiger partial charge in [0.05, 0.1) is 11.8 Å². The Balaban J connectivity index is 2.33. The minimum absolute atomic E-state index is 0.500. The van der Waals surface area contributed by atoms with E-state index in [1.165, 1.54) is 5.56 Å². The summed E-state index contributed by atoms with van der Waals surface area (Å²) < 4.78 is 0. The summed E-state index contributed by atoms with van der Waals surface area (Å²) in [4.78, 5) is 7.79. The van der Waals surface area contributed by atoms with E-state index in [-0.39, 0.29) is 0 Å². The number of hydrogen-bond donors (Lipinski definition) is 1. The molecule has 0 bridgehead atoms. The number of aromatic amines is 1. The largest absolute Gasteiger partial charge is 0.346 e. The molecule has 0 aliphatic carbocycles. The number of benzene rings is 1. The maximum atomic E-state index is 8.57. The van der Waals surface area contributed by atoms with Crippen LogP contribution in [0.15, 0.2) is 24.3 Å². The monoisotopic (exact) mass is 225 g/mol. The number of H-pyrrole nitrogens is 1. The number of aryl methyl sites for hydroxylation is 3. The quantitative estimate of drug-likeness (QED) is 0.872. The molecule has 3 heteroatoms. The van der Waals surface area contributed by atoms with Crippen molar-refractivity contribution in [2.24, 2.45) is 0 Å². The topological polar surface area (TPSA) is 52.5 Å². The highest BCUT2D eigenvalue weighted by Crippen LogP contribution is 2.22. The van der Waals surface area contributed by atoms with Crippen molar-refractivity contribution in [2.75, 3.05) is 0 Å². The zero-order valence-corrected chi connectivity index (χ0v) is 10.1. The normalized spacial score (nSPS) is 10.2. The van der Waals surface area contributed by atoms with Crippen LogP contribution in [0, 0.1) is 25.2 Å². The first-order chi connectivity index (χ1) is 8.20. The number of nitrogens with zero attached hydrogens (tertiary/aromatic N) is 2. The van der Waals surface area contributed by atoms with Crippen molar-refractivity contribution in [2.45, 2.75) is 26.7 Å². The Morgan fingerprint density at radius 1 is 1.35 bits per heavy atom. The molecule has 0 atom stereocenters. The van der Waals surface area contributed by atoms with E-state index < -0.39 is 0 Å². The Kier molecular flexibility index (Phi) is 3.24. The second-order valence-electron chi connectivity index (χ2n) is 4.18. The molecule has 0 aliphatic rings. The maximum absolute atomic E-state index is 8.57. The van der Waals surface area contributed by atoms with Gasteiger partial charge in [0, 0.05) is 24.1 Å². The van der Waals surface area contributed by atoms with Crippen molar-refractivity contribution in [1.29, 1.82) is 5.26 Å². The van der Waals surface area contributed by atoms with Gasteiger partial charge < -0.3 is 4.98 Å². The first kappa shape index (κ1) is 11.4. The molecular formula is C14H15N3. The summed E-state index contributed by atoms with van der Waals surface area (Å²) in [7, 11) is 0. The summed E-state index contributed by atoms with van der Waals surface area (Å²) in [6.07, 6.45) is 1.18. The highest BCUT2D eigenvalue weighted by atomic mass is 14.9. The third-order valence-electron chi connectivity index (χ3n) is 2.70. The standard InChI is InChI=1S/C14H15N3/c1-10-5-3-6-12(9-10)14-11(2)16-13(17-14)7-4-8-15/h3,5-6,9H,4,7H2,1-2H3,(H,16,17). The lowest BCUT2D eigenvalue weighted by Gasteiger charge is -1.99. The third-order valence-corrected chi connectivity index (χ3v) is 2.70. The van der Waals surface area contributed by atoms with Gasteiger partial charge in [-0.1, -0.05) is 23.8 Å². The Bertz CT molecular complexity index is 561. The molecule has 0 radical (unpaired) electrons. The van der Waals surface area contributed by atoms with Gasteiger partial charge in [0.25, 0.3) is 0 Å². The van der Waals surface area contributed by atoms with Gasteiger partial charge in [-0.2, -0.15) is 5.26 Å². The van der Waals surface area contributed by atoms with Gasteiger partial charge in [0.15, 0.2) is 0 Å². The van der Waals surface area contributed by atoms with Crippen molar-refractivity contribution in [3.05, 3.63) is 41.3 Å². The molecule has 0 unspecified atom stereocenters. The Morgan fingerprint density at radius 3 is 2.88 bits per heavy atom. The molecule has 1 aromatic heterocycles. The SMILES string of the molecule is Cc1cccc(-c2nc(CCC#N)[nH]c2C)c1. The second kappa shape index (κ2) is 4.84. The number of nitriles is 1. The van der Waals surface area contributed by atoms with Crippen LogP contribution in [0.25, 0.3) is 11.3 Å². The van der Waals surface area contributed by atoms with Crippen molar-refractivity contribution in [3.8, 4) is 17.3 Å². The molecule has 0 fully saturated rings. The molecule has 1 aromatic carbocycles. The lowest BCUT2D eigenvalue weighted by atomic mass is 10.1. The van der Waals surface area contributed by atoms with Crippen LogP contribution in [-0.4, -0.2) is 9.97 Å². The number of hydrogen-bond acceptors (Lipinski definition) is 2. The van der Waals surface area contributed by atoms with Crippen LogP contribution in [0.3, 0.4) is 0 Å². The molecule has 0 saturated heterocycles. The molecule has 1 heterocycles. The molecule has 17 heavy (non-hydrogen) atoms. The van der Waals surface area contributed by atoms with E-state index in [1.807, 2.05) is 13.0 Å². The van der Waals surface area contributed by atoms with Gasteiger partial charge in [0.1, 0.15) is 5.82 Å². The van der Waals surface area contributed by atoms with Crippen molar-refractivity contribution in [3.63, 3.8) is 0 Å². The van der Waals surface area contributed by atoms with Gasteiger partial charge >= 0.3 is 0 Å². The van der Waals surface area contributed by atoms with E-state index in [2.05, 4.69) is 41.2 Å². The van der Waals surface area contributed by atoms with Crippen molar-refractivity contribution >= 4 is 0 Å². The predicted molar refractivity (Wildman–Crippen MR) is 67.4 cm³/mol. The van der Waals surface area contributed by atoms with E-state index in [1.54, 1.807) is 0 Å². The molecule has 86 valence electrons. The maximum Gasteiger partial charge on any atom is 0.108 e. The predicted octanol–water partition coefficient (Wildman–Crippen LogP) is 3.15. The lowest BCUT2D eigenvalue weighted by molar-refractivity contribution is 0.913. The number of aromatic nitrogens is 2. The average molecular weight is 225 g/mol.